The van der Waals surface area contributed by atoms with Crippen LogP contribution in [-0.4, -0.2) is 22.3 Å². The van der Waals surface area contributed by atoms with E-state index >= 15 is 0 Å². The fraction of sp³-hybridized carbons (Fsp3) is 0.333. The number of thioether (sulfide) groups is 1. The van der Waals surface area contributed by atoms with Crippen molar-refractivity contribution in [2.45, 2.75) is 30.5 Å². The number of nitrogens with zero attached hydrogens (tertiary/aromatic N) is 1. The number of amides is 2. The smallest absolute Gasteiger partial charge is 0.326 e. The highest BCUT2D eigenvalue weighted by Crippen LogP contribution is 2.22. The van der Waals surface area contributed by atoms with Crippen molar-refractivity contribution in [3.63, 3.8) is 0 Å². The van der Waals surface area contributed by atoms with Gasteiger partial charge in [0, 0.05) is 18.3 Å². The summed E-state index contributed by atoms with van der Waals surface area (Å²) < 4.78 is 6.11. The first-order valence-corrected chi connectivity index (χ1v) is 8.21. The highest BCUT2D eigenvalue weighted by molar-refractivity contribution is 8.00. The minimum absolute atomic E-state index is 0.160. The summed E-state index contributed by atoms with van der Waals surface area (Å²) in [5, 5.41) is 7.77. The van der Waals surface area contributed by atoms with Crippen molar-refractivity contribution < 1.29 is 18.8 Å². The van der Waals surface area contributed by atoms with E-state index in [1.165, 1.54) is 11.6 Å². The minimum atomic E-state index is -0.506. The Morgan fingerprint density at radius 2 is 1.83 bits per heavy atom. The molecule has 2 rings (SSSR count). The van der Waals surface area contributed by atoms with Gasteiger partial charge in [0.1, 0.15) is 0 Å². The number of benzene rings is 1. The van der Waals surface area contributed by atoms with Crippen LogP contribution >= 0.6 is 11.8 Å². The summed E-state index contributed by atoms with van der Waals surface area (Å²) in [5.74, 6) is -0.372. The first kappa shape index (κ1) is 17.8. The largest absolute Gasteiger partial charge is 0.441 e. The lowest BCUT2D eigenvalue weighted by Crippen LogP contribution is -2.35. The fourth-order valence-electron chi connectivity index (χ4n) is 1.98. The molecular formula is C15H19N4O4S+. The molecule has 1 aromatic heterocycles. The molecule has 1 unspecified atom stereocenters. The molecule has 1 heterocycles. The van der Waals surface area contributed by atoms with Gasteiger partial charge in [-0.15, -0.1) is 0 Å². The van der Waals surface area contributed by atoms with Crippen LogP contribution in [0.15, 0.2) is 38.6 Å². The van der Waals surface area contributed by atoms with Gasteiger partial charge in [-0.25, -0.2) is 4.79 Å². The first-order valence-electron chi connectivity index (χ1n) is 7.33. The predicted octanol–water partition coefficient (Wildman–Crippen LogP) is 1.26. The molecule has 0 fully saturated rings. The average Bonchev–Trinajstić information content (AvgIpc) is 2.85. The molecule has 0 saturated carbocycles. The van der Waals surface area contributed by atoms with E-state index in [0.29, 0.717) is 22.8 Å². The molecule has 8 nitrogen and oxygen atoms in total. The Hall–Kier alpha value is -2.55. The topological polar surface area (TPSA) is 108 Å². The summed E-state index contributed by atoms with van der Waals surface area (Å²) in [4.78, 5) is 35.0. The molecule has 0 saturated heterocycles. The molecule has 0 aliphatic heterocycles. The fourth-order valence-corrected chi connectivity index (χ4v) is 2.91. The van der Waals surface area contributed by atoms with Gasteiger partial charge in [0.15, 0.2) is 7.05 Å². The lowest BCUT2D eigenvalue weighted by atomic mass is 10.2. The summed E-state index contributed by atoms with van der Waals surface area (Å²) in [5.41, 5.74) is 0.755. The van der Waals surface area contributed by atoms with Crippen molar-refractivity contribution >= 4 is 35.0 Å². The first-order chi connectivity index (χ1) is 11.4. The molecule has 0 radical (unpaired) electrons. The number of nitrogens with one attached hydrogen (secondary N) is 3. The van der Waals surface area contributed by atoms with Crippen LogP contribution in [0.1, 0.15) is 20.3 Å². The average molecular weight is 351 g/mol. The van der Waals surface area contributed by atoms with Gasteiger partial charge in [0.05, 0.1) is 5.25 Å². The van der Waals surface area contributed by atoms with Gasteiger partial charge < -0.3 is 10.6 Å². The summed E-state index contributed by atoms with van der Waals surface area (Å²) in [7, 11) is 1.64. The van der Waals surface area contributed by atoms with Crippen molar-refractivity contribution in [1.82, 2.24) is 5.27 Å². The number of aryl methyl sites for hydroxylation is 1. The Balaban J connectivity index is 2.04. The molecule has 2 aromatic rings. The van der Waals surface area contributed by atoms with E-state index in [-0.39, 0.29) is 11.8 Å². The standard InChI is InChI=1S/C15H18N4O4S/c1-4-12(24-14-15(22)23-18-19(14)3)13(21)17-11-7-5-10(6-8-11)16-9(2)20/h5-8,12,18,22H,4H2,1-3H3/p+1. The van der Waals surface area contributed by atoms with Crippen LogP contribution in [0, 0.1) is 0 Å². The third kappa shape index (κ3) is 4.48. The van der Waals surface area contributed by atoms with Gasteiger partial charge in [0.2, 0.25) is 11.8 Å². The van der Waals surface area contributed by atoms with Gasteiger partial charge in [-0.2, -0.15) is 0 Å². The normalized spacial score (nSPS) is 11.8. The van der Waals surface area contributed by atoms with Gasteiger partial charge in [0.25, 0.3) is 0 Å². The van der Waals surface area contributed by atoms with Crippen molar-refractivity contribution in [2.75, 3.05) is 10.6 Å². The summed E-state index contributed by atoms with van der Waals surface area (Å²) in [6, 6.07) is 6.80. The molecule has 2 amide bonds. The van der Waals surface area contributed by atoms with Crippen LogP contribution in [0.4, 0.5) is 11.4 Å². The SMILES string of the molecule is CCC(Sc1c(=O)o[nH][n+]1C)C(=O)Nc1ccc(NC(C)=O)cc1. The number of aromatic amines is 1. The Kier molecular flexibility index (Phi) is 5.80. The van der Waals surface area contributed by atoms with E-state index in [1.807, 2.05) is 6.92 Å². The van der Waals surface area contributed by atoms with Gasteiger partial charge in [-0.05, 0) is 47.7 Å². The monoisotopic (exact) mass is 351 g/mol. The van der Waals surface area contributed by atoms with E-state index in [0.717, 1.165) is 11.8 Å². The zero-order valence-electron chi connectivity index (χ0n) is 13.6. The number of rotatable bonds is 6. The molecule has 1 atom stereocenters. The maximum absolute atomic E-state index is 12.4. The molecule has 9 heteroatoms. The van der Waals surface area contributed by atoms with Crippen LogP contribution in [0.2, 0.25) is 0 Å². The van der Waals surface area contributed by atoms with E-state index in [4.69, 9.17) is 0 Å². The second kappa shape index (κ2) is 7.82. The van der Waals surface area contributed by atoms with E-state index < -0.39 is 10.9 Å². The van der Waals surface area contributed by atoms with Crippen LogP contribution in [0.25, 0.3) is 0 Å². The minimum Gasteiger partial charge on any atom is -0.326 e. The number of H-pyrrole nitrogens is 1. The summed E-state index contributed by atoms with van der Waals surface area (Å²) in [6.07, 6.45) is 0.547. The lowest BCUT2D eigenvalue weighted by molar-refractivity contribution is -0.772. The molecule has 0 bridgehead atoms. The quantitative estimate of drug-likeness (QED) is 0.536. The number of carbonyl (C=O) groups excluding carboxylic acids is 2. The van der Waals surface area contributed by atoms with E-state index in [2.05, 4.69) is 20.4 Å². The lowest BCUT2D eigenvalue weighted by Gasteiger charge is -2.12. The van der Waals surface area contributed by atoms with E-state index in [1.54, 1.807) is 31.3 Å². The molecular weight excluding hydrogens is 332 g/mol. The van der Waals surface area contributed by atoms with Crippen LogP contribution in [0.5, 0.6) is 0 Å². The molecule has 0 spiro atoms. The van der Waals surface area contributed by atoms with Crippen LogP contribution < -0.4 is 20.9 Å². The zero-order valence-corrected chi connectivity index (χ0v) is 14.4. The number of carbonyl (C=O) groups is 2. The number of hydrogen-bond acceptors (Lipinski definition) is 5. The molecule has 128 valence electrons. The van der Waals surface area contributed by atoms with Crippen molar-refractivity contribution in [3.05, 3.63) is 34.7 Å². The molecule has 0 aliphatic carbocycles. The molecule has 1 aromatic carbocycles. The Labute approximate surface area is 142 Å². The maximum atomic E-state index is 12.4. The van der Waals surface area contributed by atoms with Crippen molar-refractivity contribution in [1.29, 1.82) is 0 Å². The highest BCUT2D eigenvalue weighted by Gasteiger charge is 2.27. The third-order valence-electron chi connectivity index (χ3n) is 3.14. The third-order valence-corrected chi connectivity index (χ3v) is 4.64. The number of anilines is 2. The maximum Gasteiger partial charge on any atom is 0.441 e. The van der Waals surface area contributed by atoms with Crippen LogP contribution in [0.3, 0.4) is 0 Å². The second-order valence-electron chi connectivity index (χ2n) is 5.11. The zero-order chi connectivity index (χ0) is 17.7. The Morgan fingerprint density at radius 1 is 1.25 bits per heavy atom. The van der Waals surface area contributed by atoms with Gasteiger partial charge in [-0.1, -0.05) is 11.6 Å². The summed E-state index contributed by atoms with van der Waals surface area (Å²) >= 11 is 1.14. The van der Waals surface area contributed by atoms with Gasteiger partial charge >= 0.3 is 10.7 Å². The van der Waals surface area contributed by atoms with Crippen molar-refractivity contribution in [2.24, 2.45) is 7.05 Å². The number of hydrogen-bond donors (Lipinski definition) is 3. The van der Waals surface area contributed by atoms with Crippen LogP contribution in [-0.2, 0) is 16.6 Å². The second-order valence-corrected chi connectivity index (χ2v) is 6.30. The Bertz CT molecular complexity index is 782. The molecule has 3 N–H and O–H groups in total. The summed E-state index contributed by atoms with van der Waals surface area (Å²) in [6.45, 7) is 3.29. The molecule has 0 aliphatic rings. The Morgan fingerprint density at radius 3 is 2.29 bits per heavy atom. The predicted molar refractivity (Wildman–Crippen MR) is 89.8 cm³/mol. The highest BCUT2D eigenvalue weighted by atomic mass is 32.2. The van der Waals surface area contributed by atoms with E-state index in [9.17, 15) is 14.4 Å². The number of aromatic nitrogens is 2. The van der Waals surface area contributed by atoms with Crippen molar-refractivity contribution in [3.8, 4) is 0 Å². The van der Waals surface area contributed by atoms with Gasteiger partial charge in [-0.3, -0.25) is 14.1 Å². The molecule has 24 heavy (non-hydrogen) atoms.